The first-order valence-corrected chi connectivity index (χ1v) is 8.87. The van der Waals surface area contributed by atoms with Gasteiger partial charge in [-0.15, -0.1) is 5.10 Å². The lowest BCUT2D eigenvalue weighted by Crippen LogP contribution is -2.28. The summed E-state index contributed by atoms with van der Waals surface area (Å²) in [6, 6.07) is 15.1. The summed E-state index contributed by atoms with van der Waals surface area (Å²) >= 11 is 0. The number of tetrazole rings is 1. The molecule has 0 radical (unpaired) electrons. The first-order chi connectivity index (χ1) is 14.0. The lowest BCUT2D eigenvalue weighted by atomic mass is 10.1. The van der Waals surface area contributed by atoms with E-state index in [-0.39, 0.29) is 5.78 Å². The number of esters is 1. The van der Waals surface area contributed by atoms with Gasteiger partial charge in [-0.3, -0.25) is 9.59 Å². The van der Waals surface area contributed by atoms with E-state index in [1.54, 1.807) is 24.3 Å². The zero-order chi connectivity index (χ0) is 20.6. The SMILES string of the molecule is CC(=O)c1ccccc1NC(=O)COC(=O)[C@H](Cc1ccccc1)n1cnnn1. The molecular weight excluding hydrogens is 374 g/mol. The summed E-state index contributed by atoms with van der Waals surface area (Å²) < 4.78 is 6.47. The summed E-state index contributed by atoms with van der Waals surface area (Å²) in [5.41, 5.74) is 1.63. The van der Waals surface area contributed by atoms with E-state index in [1.165, 1.54) is 17.9 Å². The Kier molecular flexibility index (Phi) is 6.41. The van der Waals surface area contributed by atoms with Crippen LogP contribution in [-0.4, -0.2) is 44.5 Å². The van der Waals surface area contributed by atoms with Crippen molar-refractivity contribution in [3.8, 4) is 0 Å². The van der Waals surface area contributed by atoms with Gasteiger partial charge >= 0.3 is 5.97 Å². The molecule has 0 aliphatic heterocycles. The number of benzene rings is 2. The maximum atomic E-state index is 12.6. The smallest absolute Gasteiger partial charge is 0.331 e. The van der Waals surface area contributed by atoms with Crippen molar-refractivity contribution in [2.45, 2.75) is 19.4 Å². The molecule has 0 unspecified atom stereocenters. The van der Waals surface area contributed by atoms with E-state index in [1.807, 2.05) is 30.3 Å². The predicted octanol–water partition coefficient (Wildman–Crippen LogP) is 1.84. The fourth-order valence-corrected chi connectivity index (χ4v) is 2.75. The van der Waals surface area contributed by atoms with E-state index in [0.717, 1.165) is 5.56 Å². The number of amides is 1. The molecule has 0 spiro atoms. The van der Waals surface area contributed by atoms with Gasteiger partial charge in [-0.05, 0) is 35.0 Å². The van der Waals surface area contributed by atoms with Crippen LogP contribution in [-0.2, 0) is 20.7 Å². The largest absolute Gasteiger partial charge is 0.454 e. The molecule has 0 bridgehead atoms. The van der Waals surface area contributed by atoms with Crippen LogP contribution < -0.4 is 5.32 Å². The summed E-state index contributed by atoms with van der Waals surface area (Å²) in [4.78, 5) is 36.5. The van der Waals surface area contributed by atoms with Crippen molar-refractivity contribution in [2.24, 2.45) is 0 Å². The minimum atomic E-state index is -0.815. The van der Waals surface area contributed by atoms with Gasteiger partial charge in [-0.25, -0.2) is 9.48 Å². The quantitative estimate of drug-likeness (QED) is 0.458. The summed E-state index contributed by atoms with van der Waals surface area (Å²) in [5, 5.41) is 13.5. The first-order valence-electron chi connectivity index (χ1n) is 8.87. The molecule has 29 heavy (non-hydrogen) atoms. The Morgan fingerprint density at radius 1 is 1.07 bits per heavy atom. The van der Waals surface area contributed by atoms with E-state index in [2.05, 4.69) is 20.8 Å². The Hall–Kier alpha value is -3.88. The Labute approximate surface area is 166 Å². The highest BCUT2D eigenvalue weighted by Crippen LogP contribution is 2.17. The fourth-order valence-electron chi connectivity index (χ4n) is 2.75. The van der Waals surface area contributed by atoms with Gasteiger partial charge in [0.1, 0.15) is 6.33 Å². The van der Waals surface area contributed by atoms with Crippen LogP contribution >= 0.6 is 0 Å². The van der Waals surface area contributed by atoms with Crippen LogP contribution in [0.25, 0.3) is 0 Å². The van der Waals surface area contributed by atoms with Gasteiger partial charge in [-0.2, -0.15) is 0 Å². The van der Waals surface area contributed by atoms with E-state index in [9.17, 15) is 14.4 Å². The third kappa shape index (κ3) is 5.32. The van der Waals surface area contributed by atoms with E-state index >= 15 is 0 Å². The number of carbonyl (C=O) groups excluding carboxylic acids is 3. The molecule has 3 rings (SSSR count). The molecule has 9 nitrogen and oxygen atoms in total. The molecule has 0 saturated heterocycles. The third-order valence-corrected chi connectivity index (χ3v) is 4.15. The van der Waals surface area contributed by atoms with Crippen molar-refractivity contribution < 1.29 is 19.1 Å². The zero-order valence-corrected chi connectivity index (χ0v) is 15.7. The highest BCUT2D eigenvalue weighted by molar-refractivity contribution is 6.04. The molecular formula is C20H19N5O4. The second kappa shape index (κ2) is 9.36. The highest BCUT2D eigenvalue weighted by atomic mass is 16.5. The van der Waals surface area contributed by atoms with Gasteiger partial charge in [-0.1, -0.05) is 42.5 Å². The van der Waals surface area contributed by atoms with Crippen LogP contribution in [0.3, 0.4) is 0 Å². The van der Waals surface area contributed by atoms with Gasteiger partial charge in [0.15, 0.2) is 18.4 Å². The van der Waals surface area contributed by atoms with Gasteiger partial charge in [0.2, 0.25) is 0 Å². The molecule has 1 amide bonds. The zero-order valence-electron chi connectivity index (χ0n) is 15.7. The molecule has 1 N–H and O–H groups in total. The number of hydrogen-bond acceptors (Lipinski definition) is 7. The van der Waals surface area contributed by atoms with Crippen molar-refractivity contribution in [2.75, 3.05) is 11.9 Å². The van der Waals surface area contributed by atoms with Crippen LogP contribution in [0.5, 0.6) is 0 Å². The maximum absolute atomic E-state index is 12.6. The number of aromatic nitrogens is 4. The van der Waals surface area contributed by atoms with Gasteiger partial charge in [0.25, 0.3) is 5.91 Å². The molecule has 1 atom stereocenters. The number of ether oxygens (including phenoxy) is 1. The fraction of sp³-hybridized carbons (Fsp3) is 0.200. The molecule has 0 aliphatic rings. The summed E-state index contributed by atoms with van der Waals surface area (Å²) in [5.74, 6) is -1.38. The molecule has 2 aromatic carbocycles. The highest BCUT2D eigenvalue weighted by Gasteiger charge is 2.25. The number of nitrogens with zero attached hydrogens (tertiary/aromatic N) is 4. The summed E-state index contributed by atoms with van der Waals surface area (Å²) in [6.07, 6.45) is 1.62. The van der Waals surface area contributed by atoms with E-state index in [0.29, 0.717) is 17.7 Å². The average Bonchev–Trinajstić information content (AvgIpc) is 3.26. The van der Waals surface area contributed by atoms with Crippen LogP contribution in [0.1, 0.15) is 28.9 Å². The minimum absolute atomic E-state index is 0.181. The lowest BCUT2D eigenvalue weighted by Gasteiger charge is -2.16. The third-order valence-electron chi connectivity index (χ3n) is 4.15. The topological polar surface area (TPSA) is 116 Å². The van der Waals surface area contributed by atoms with E-state index in [4.69, 9.17) is 4.74 Å². The number of para-hydroxylation sites is 1. The van der Waals surface area contributed by atoms with Gasteiger partial charge < -0.3 is 10.1 Å². The van der Waals surface area contributed by atoms with Gasteiger partial charge in [0, 0.05) is 12.0 Å². The van der Waals surface area contributed by atoms with Crippen LogP contribution in [0.15, 0.2) is 60.9 Å². The summed E-state index contributed by atoms with van der Waals surface area (Å²) in [6.45, 7) is 0.907. The van der Waals surface area contributed by atoms with Crippen LogP contribution in [0.4, 0.5) is 5.69 Å². The van der Waals surface area contributed by atoms with Crippen molar-refractivity contribution in [1.82, 2.24) is 20.2 Å². The first kappa shape index (κ1) is 19.9. The number of hydrogen-bond donors (Lipinski definition) is 1. The number of ketones is 1. The number of anilines is 1. The monoisotopic (exact) mass is 393 g/mol. The Balaban J connectivity index is 1.64. The molecule has 9 heteroatoms. The van der Waals surface area contributed by atoms with Crippen molar-refractivity contribution in [3.63, 3.8) is 0 Å². The number of nitrogens with one attached hydrogen (secondary N) is 1. The lowest BCUT2D eigenvalue weighted by molar-refractivity contribution is -0.151. The predicted molar refractivity (Wildman–Crippen MR) is 103 cm³/mol. The van der Waals surface area contributed by atoms with Crippen molar-refractivity contribution in [1.29, 1.82) is 0 Å². The number of carbonyl (C=O) groups is 3. The minimum Gasteiger partial charge on any atom is -0.454 e. The average molecular weight is 393 g/mol. The molecule has 0 saturated carbocycles. The normalized spacial score (nSPS) is 11.5. The molecule has 1 heterocycles. The summed E-state index contributed by atoms with van der Waals surface area (Å²) in [7, 11) is 0. The van der Waals surface area contributed by atoms with Crippen molar-refractivity contribution >= 4 is 23.3 Å². The molecule has 0 aliphatic carbocycles. The second-order valence-corrected chi connectivity index (χ2v) is 6.25. The standard InChI is InChI=1S/C20H19N5O4/c1-14(26)16-9-5-6-10-17(16)22-19(27)12-29-20(28)18(25-13-21-23-24-25)11-15-7-3-2-4-8-15/h2-10,13,18H,11-12H2,1H3,(H,22,27)/t18-/m0/s1. The number of Topliss-reactive ketones (excluding diaryl/α,β-unsaturated/α-hetero) is 1. The Morgan fingerprint density at radius 3 is 2.48 bits per heavy atom. The molecule has 0 fully saturated rings. The van der Waals surface area contributed by atoms with Crippen LogP contribution in [0.2, 0.25) is 0 Å². The van der Waals surface area contributed by atoms with E-state index < -0.39 is 24.5 Å². The molecule has 148 valence electrons. The molecule has 3 aromatic rings. The Morgan fingerprint density at radius 2 is 1.79 bits per heavy atom. The molecule has 1 aromatic heterocycles. The van der Waals surface area contributed by atoms with Gasteiger partial charge in [0.05, 0.1) is 5.69 Å². The van der Waals surface area contributed by atoms with Crippen LogP contribution in [0, 0.1) is 0 Å². The van der Waals surface area contributed by atoms with Crippen molar-refractivity contribution in [3.05, 3.63) is 72.1 Å². The maximum Gasteiger partial charge on any atom is 0.331 e. The second-order valence-electron chi connectivity index (χ2n) is 6.25. The number of rotatable bonds is 8. The Bertz CT molecular complexity index is 989.